The van der Waals surface area contributed by atoms with Crippen LogP contribution in [0.5, 0.6) is 0 Å². The zero-order valence-electron chi connectivity index (χ0n) is 9.66. The lowest BCUT2D eigenvalue weighted by molar-refractivity contribution is 0.0950. The minimum Gasteiger partial charge on any atom is -0.348 e. The van der Waals surface area contributed by atoms with Crippen molar-refractivity contribution in [1.82, 2.24) is 10.3 Å². The monoisotopic (exact) mass is 298 g/mol. The number of halogens is 3. The van der Waals surface area contributed by atoms with Crippen molar-refractivity contribution in [1.29, 1.82) is 0 Å². The lowest BCUT2D eigenvalue weighted by Gasteiger charge is -2.06. The van der Waals surface area contributed by atoms with Crippen LogP contribution in [0.25, 0.3) is 0 Å². The number of hydrogen-bond acceptors (Lipinski definition) is 2. The van der Waals surface area contributed by atoms with Crippen molar-refractivity contribution in [3.05, 3.63) is 63.6 Å². The Morgan fingerprint density at radius 3 is 2.79 bits per heavy atom. The smallest absolute Gasteiger partial charge is 0.254 e. The van der Waals surface area contributed by atoms with E-state index < -0.39 is 5.82 Å². The molecule has 3 nitrogen and oxygen atoms in total. The fourth-order valence-electron chi connectivity index (χ4n) is 1.48. The largest absolute Gasteiger partial charge is 0.348 e. The number of carbonyl (C=O) groups excluding carboxylic acids is 1. The van der Waals surface area contributed by atoms with Crippen molar-refractivity contribution in [3.63, 3.8) is 0 Å². The fraction of sp³-hybridized carbons (Fsp3) is 0.0769. The van der Waals surface area contributed by atoms with Gasteiger partial charge in [-0.2, -0.15) is 0 Å². The first-order valence-electron chi connectivity index (χ1n) is 5.40. The number of aromatic nitrogens is 1. The van der Waals surface area contributed by atoms with Crippen LogP contribution >= 0.6 is 23.2 Å². The molecular weight excluding hydrogens is 290 g/mol. The van der Waals surface area contributed by atoms with Crippen molar-refractivity contribution in [2.24, 2.45) is 0 Å². The molecule has 6 heteroatoms. The van der Waals surface area contributed by atoms with Crippen molar-refractivity contribution < 1.29 is 9.18 Å². The highest BCUT2D eigenvalue weighted by molar-refractivity contribution is 6.32. The van der Waals surface area contributed by atoms with Crippen molar-refractivity contribution >= 4 is 29.1 Å². The summed E-state index contributed by atoms with van der Waals surface area (Å²) in [6.07, 6.45) is 1.50. The molecule has 0 saturated heterocycles. The summed E-state index contributed by atoms with van der Waals surface area (Å²) in [5.74, 6) is -0.842. The van der Waals surface area contributed by atoms with Crippen molar-refractivity contribution in [2.45, 2.75) is 6.54 Å². The highest BCUT2D eigenvalue weighted by Crippen LogP contribution is 2.16. The molecule has 0 fully saturated rings. The van der Waals surface area contributed by atoms with Crippen LogP contribution in [0.15, 0.2) is 36.5 Å². The molecule has 0 radical (unpaired) electrons. The molecule has 1 heterocycles. The number of pyridine rings is 1. The van der Waals surface area contributed by atoms with Gasteiger partial charge >= 0.3 is 0 Å². The van der Waals surface area contributed by atoms with E-state index in [0.29, 0.717) is 5.56 Å². The SMILES string of the molecule is O=C(NCc1ccc(F)c(Cl)c1)c1cccnc1Cl. The van der Waals surface area contributed by atoms with E-state index in [-0.39, 0.29) is 28.2 Å². The molecule has 1 amide bonds. The van der Waals surface area contributed by atoms with Gasteiger partial charge in [-0.3, -0.25) is 4.79 Å². The lowest BCUT2D eigenvalue weighted by Crippen LogP contribution is -2.23. The third-order valence-corrected chi connectivity index (χ3v) is 3.03. The van der Waals surface area contributed by atoms with E-state index in [4.69, 9.17) is 23.2 Å². The van der Waals surface area contributed by atoms with E-state index in [1.165, 1.54) is 18.3 Å². The van der Waals surface area contributed by atoms with Gasteiger partial charge in [0.1, 0.15) is 11.0 Å². The highest BCUT2D eigenvalue weighted by Gasteiger charge is 2.10. The molecular formula is C13H9Cl2FN2O. The molecule has 1 N–H and O–H groups in total. The molecule has 2 rings (SSSR count). The van der Waals surface area contributed by atoms with Gasteiger partial charge in [0.2, 0.25) is 0 Å². The molecule has 0 atom stereocenters. The van der Waals surface area contributed by atoms with Gasteiger partial charge in [-0.05, 0) is 29.8 Å². The van der Waals surface area contributed by atoms with Gasteiger partial charge in [-0.1, -0.05) is 29.3 Å². The molecule has 0 aliphatic heterocycles. The van der Waals surface area contributed by atoms with Crippen molar-refractivity contribution in [3.8, 4) is 0 Å². The minimum atomic E-state index is -0.493. The number of amides is 1. The fourth-order valence-corrected chi connectivity index (χ4v) is 1.89. The molecule has 1 aromatic heterocycles. The Balaban J connectivity index is 2.04. The second kappa shape index (κ2) is 5.99. The van der Waals surface area contributed by atoms with Gasteiger partial charge in [-0.15, -0.1) is 0 Å². The van der Waals surface area contributed by atoms with Crippen LogP contribution in [-0.2, 0) is 6.54 Å². The molecule has 0 aliphatic carbocycles. The zero-order valence-corrected chi connectivity index (χ0v) is 11.2. The molecule has 1 aromatic carbocycles. The Labute approximate surface area is 119 Å². The van der Waals surface area contributed by atoms with Gasteiger partial charge in [0, 0.05) is 12.7 Å². The average molecular weight is 299 g/mol. The summed E-state index contributed by atoms with van der Waals surface area (Å²) in [6.45, 7) is 0.226. The Kier molecular flexibility index (Phi) is 4.35. The summed E-state index contributed by atoms with van der Waals surface area (Å²) in [5, 5.41) is 2.81. The van der Waals surface area contributed by atoms with E-state index in [0.717, 1.165) is 0 Å². The summed E-state index contributed by atoms with van der Waals surface area (Å²) >= 11 is 11.5. The molecule has 0 bridgehead atoms. The quantitative estimate of drug-likeness (QED) is 0.882. The maximum atomic E-state index is 13.0. The van der Waals surface area contributed by atoms with Gasteiger partial charge in [0.15, 0.2) is 0 Å². The summed E-state index contributed by atoms with van der Waals surface area (Å²) in [6, 6.07) is 7.45. The van der Waals surface area contributed by atoms with E-state index in [1.807, 2.05) is 0 Å². The van der Waals surface area contributed by atoms with Crippen LogP contribution < -0.4 is 5.32 Å². The molecule has 0 spiro atoms. The van der Waals surface area contributed by atoms with Gasteiger partial charge in [0.25, 0.3) is 5.91 Å². The first-order chi connectivity index (χ1) is 9.08. The third-order valence-electron chi connectivity index (χ3n) is 2.44. The summed E-state index contributed by atoms with van der Waals surface area (Å²) in [5.41, 5.74) is 0.983. The Morgan fingerprint density at radius 2 is 2.11 bits per heavy atom. The van der Waals surface area contributed by atoms with Crippen LogP contribution in [0.4, 0.5) is 4.39 Å². The second-order valence-corrected chi connectivity index (χ2v) is 4.54. The Morgan fingerprint density at radius 1 is 1.32 bits per heavy atom. The standard InChI is InChI=1S/C13H9Cl2FN2O/c14-10-6-8(3-4-11(10)16)7-18-13(19)9-2-1-5-17-12(9)15/h1-6H,7H2,(H,18,19). The maximum absolute atomic E-state index is 13.0. The van der Waals surface area contributed by atoms with Crippen LogP contribution in [-0.4, -0.2) is 10.9 Å². The number of carbonyl (C=O) groups is 1. The third kappa shape index (κ3) is 3.43. The summed E-state index contributed by atoms with van der Waals surface area (Å²) in [4.78, 5) is 15.7. The van der Waals surface area contributed by atoms with E-state index >= 15 is 0 Å². The van der Waals surface area contributed by atoms with Crippen LogP contribution in [0, 0.1) is 5.82 Å². The number of hydrogen-bond donors (Lipinski definition) is 1. The van der Waals surface area contributed by atoms with Gasteiger partial charge in [-0.25, -0.2) is 9.37 Å². The summed E-state index contributed by atoms with van der Waals surface area (Å²) < 4.78 is 13.0. The molecule has 0 unspecified atom stereocenters. The highest BCUT2D eigenvalue weighted by atomic mass is 35.5. The Bertz CT molecular complexity index is 619. The van der Waals surface area contributed by atoms with Crippen LogP contribution in [0.3, 0.4) is 0 Å². The number of benzene rings is 1. The zero-order chi connectivity index (χ0) is 13.8. The number of rotatable bonds is 3. The van der Waals surface area contributed by atoms with E-state index in [9.17, 15) is 9.18 Å². The molecule has 0 aliphatic rings. The number of nitrogens with one attached hydrogen (secondary N) is 1. The van der Waals surface area contributed by atoms with E-state index in [1.54, 1.807) is 18.2 Å². The molecule has 2 aromatic rings. The lowest BCUT2D eigenvalue weighted by atomic mass is 10.2. The molecule has 19 heavy (non-hydrogen) atoms. The average Bonchev–Trinajstić information content (AvgIpc) is 2.40. The normalized spacial score (nSPS) is 10.3. The predicted molar refractivity (Wildman–Crippen MR) is 71.8 cm³/mol. The first-order valence-corrected chi connectivity index (χ1v) is 6.16. The van der Waals surface area contributed by atoms with Gasteiger partial charge < -0.3 is 5.32 Å². The second-order valence-electron chi connectivity index (χ2n) is 3.77. The van der Waals surface area contributed by atoms with E-state index in [2.05, 4.69) is 10.3 Å². The number of nitrogens with zero attached hydrogens (tertiary/aromatic N) is 1. The van der Waals surface area contributed by atoms with Gasteiger partial charge in [0.05, 0.1) is 10.6 Å². The van der Waals surface area contributed by atoms with Crippen LogP contribution in [0.2, 0.25) is 10.2 Å². The van der Waals surface area contributed by atoms with Crippen molar-refractivity contribution in [2.75, 3.05) is 0 Å². The van der Waals surface area contributed by atoms with Crippen LogP contribution in [0.1, 0.15) is 15.9 Å². The predicted octanol–water partition coefficient (Wildman–Crippen LogP) is 3.46. The minimum absolute atomic E-state index is 0.0196. The molecule has 98 valence electrons. The maximum Gasteiger partial charge on any atom is 0.254 e. The Hall–Kier alpha value is -1.65. The topological polar surface area (TPSA) is 42.0 Å². The molecule has 0 saturated carbocycles. The first kappa shape index (κ1) is 13.8. The summed E-state index contributed by atoms with van der Waals surface area (Å²) in [7, 11) is 0.